The number of likely N-dealkylation sites (tertiary alicyclic amines) is 1. The first-order chi connectivity index (χ1) is 10.9. The van der Waals surface area contributed by atoms with E-state index in [4.69, 9.17) is 14.7 Å². The van der Waals surface area contributed by atoms with Gasteiger partial charge in [-0.3, -0.25) is 0 Å². The summed E-state index contributed by atoms with van der Waals surface area (Å²) in [6.07, 6.45) is -0.270. The Hall–Kier alpha value is -2.26. The summed E-state index contributed by atoms with van der Waals surface area (Å²) in [4.78, 5) is 13.5. The summed E-state index contributed by atoms with van der Waals surface area (Å²) in [6.45, 7) is 7.52. The predicted octanol–water partition coefficient (Wildman–Crippen LogP) is 2.30. The largest absolute Gasteiger partial charge is 0.478 e. The van der Waals surface area contributed by atoms with E-state index >= 15 is 0 Å². The van der Waals surface area contributed by atoms with Crippen LogP contribution in [0.15, 0.2) is 24.3 Å². The van der Waals surface area contributed by atoms with Crippen molar-refractivity contribution < 1.29 is 14.3 Å². The van der Waals surface area contributed by atoms with Gasteiger partial charge >= 0.3 is 6.09 Å². The topological polar surface area (TPSA) is 74.6 Å². The van der Waals surface area contributed by atoms with E-state index < -0.39 is 5.60 Å². The summed E-state index contributed by atoms with van der Waals surface area (Å²) in [7, 11) is 0. The summed E-state index contributed by atoms with van der Waals surface area (Å²) in [5.74, 6) is 0.713. The quantitative estimate of drug-likeness (QED) is 0.902. The number of nitrogens with one attached hydrogen (secondary N) is 1. The highest BCUT2D eigenvalue weighted by atomic mass is 16.6. The van der Waals surface area contributed by atoms with Crippen molar-refractivity contribution >= 4 is 6.09 Å². The molecule has 124 valence electrons. The molecular formula is C17H23N3O3. The van der Waals surface area contributed by atoms with Crippen LogP contribution in [0.2, 0.25) is 0 Å². The van der Waals surface area contributed by atoms with Crippen LogP contribution in [0.25, 0.3) is 0 Å². The van der Waals surface area contributed by atoms with Gasteiger partial charge in [-0.1, -0.05) is 18.2 Å². The van der Waals surface area contributed by atoms with E-state index in [1.807, 2.05) is 51.1 Å². The number of nitrogens with zero attached hydrogens (tertiary/aromatic N) is 2. The van der Waals surface area contributed by atoms with Crippen molar-refractivity contribution in [2.45, 2.75) is 39.0 Å². The molecule has 0 bridgehead atoms. The standard InChI is InChI=1S/C17H23N3O3/c1-17(2,3)23-16(21)20-11-14(12-20)19-10-13-6-4-5-7-15(13)22-9-8-18/h4-7,14,19H,9-12H2,1-3H3. The molecule has 0 saturated carbocycles. The van der Waals surface area contributed by atoms with Crippen LogP contribution < -0.4 is 10.1 Å². The number of para-hydroxylation sites is 1. The molecule has 6 nitrogen and oxygen atoms in total. The zero-order valence-electron chi connectivity index (χ0n) is 13.8. The van der Waals surface area contributed by atoms with Crippen LogP contribution in [0.4, 0.5) is 4.79 Å². The van der Waals surface area contributed by atoms with Gasteiger partial charge in [-0.05, 0) is 26.8 Å². The minimum absolute atomic E-state index is 0.0346. The van der Waals surface area contributed by atoms with Crippen LogP contribution >= 0.6 is 0 Å². The van der Waals surface area contributed by atoms with Crippen LogP contribution in [0.5, 0.6) is 5.75 Å². The normalized spacial score (nSPS) is 14.8. The smallest absolute Gasteiger partial charge is 0.410 e. The van der Waals surface area contributed by atoms with Gasteiger partial charge in [0.1, 0.15) is 17.4 Å². The van der Waals surface area contributed by atoms with Crippen molar-refractivity contribution in [2.75, 3.05) is 19.7 Å². The molecule has 1 fully saturated rings. The number of carbonyl (C=O) groups is 1. The summed E-state index contributed by atoms with van der Waals surface area (Å²) in [6, 6.07) is 9.83. The number of carbonyl (C=O) groups excluding carboxylic acids is 1. The molecule has 0 aliphatic carbocycles. The van der Waals surface area contributed by atoms with E-state index in [-0.39, 0.29) is 18.7 Å². The Bertz CT molecular complexity index is 583. The number of hydrogen-bond donors (Lipinski definition) is 1. The molecule has 1 saturated heterocycles. The van der Waals surface area contributed by atoms with Gasteiger partial charge in [0.2, 0.25) is 0 Å². The number of benzene rings is 1. The summed E-state index contributed by atoms with van der Waals surface area (Å²) >= 11 is 0. The van der Waals surface area contributed by atoms with Crippen LogP contribution in [0, 0.1) is 11.3 Å². The SMILES string of the molecule is CC(C)(C)OC(=O)N1CC(NCc2ccccc2OCC#N)C1. The summed E-state index contributed by atoms with van der Waals surface area (Å²) in [5.41, 5.74) is 0.533. The second-order valence-electron chi connectivity index (χ2n) is 6.52. The maximum atomic E-state index is 11.9. The van der Waals surface area contributed by atoms with E-state index in [2.05, 4.69) is 5.32 Å². The third kappa shape index (κ3) is 5.15. The Morgan fingerprint density at radius 3 is 2.74 bits per heavy atom. The molecule has 23 heavy (non-hydrogen) atoms. The average molecular weight is 317 g/mol. The molecule has 1 aromatic rings. The zero-order valence-corrected chi connectivity index (χ0v) is 13.8. The molecule has 0 radical (unpaired) electrons. The third-order valence-corrected chi connectivity index (χ3v) is 3.38. The molecule has 1 aliphatic rings. The monoisotopic (exact) mass is 317 g/mol. The van der Waals surface area contributed by atoms with Crippen LogP contribution in [0.1, 0.15) is 26.3 Å². The molecule has 1 heterocycles. The number of hydrogen-bond acceptors (Lipinski definition) is 5. The van der Waals surface area contributed by atoms with Crippen molar-refractivity contribution in [3.63, 3.8) is 0 Å². The first-order valence-corrected chi connectivity index (χ1v) is 7.68. The lowest BCUT2D eigenvalue weighted by atomic mass is 10.1. The molecule has 1 N–H and O–H groups in total. The number of nitriles is 1. The Kier molecular flexibility index (Phi) is 5.45. The highest BCUT2D eigenvalue weighted by molar-refractivity contribution is 5.69. The third-order valence-electron chi connectivity index (χ3n) is 3.38. The second-order valence-corrected chi connectivity index (χ2v) is 6.52. The molecule has 6 heteroatoms. The van der Waals surface area contributed by atoms with E-state index in [0.29, 0.717) is 25.4 Å². The maximum absolute atomic E-state index is 11.9. The number of amides is 1. The van der Waals surface area contributed by atoms with Crippen LogP contribution in [-0.4, -0.2) is 42.3 Å². The fourth-order valence-electron chi connectivity index (χ4n) is 2.24. The van der Waals surface area contributed by atoms with Crippen molar-refractivity contribution in [3.8, 4) is 11.8 Å². The molecule has 2 rings (SSSR count). The van der Waals surface area contributed by atoms with Crippen molar-refractivity contribution in [3.05, 3.63) is 29.8 Å². The summed E-state index contributed by atoms with van der Waals surface area (Å²) in [5, 5.41) is 12.0. The van der Waals surface area contributed by atoms with Crippen LogP contribution in [0.3, 0.4) is 0 Å². The van der Waals surface area contributed by atoms with Gasteiger partial charge in [0.15, 0.2) is 6.61 Å². The first-order valence-electron chi connectivity index (χ1n) is 7.68. The van der Waals surface area contributed by atoms with Gasteiger partial charge in [0.25, 0.3) is 0 Å². The number of ether oxygens (including phenoxy) is 2. The maximum Gasteiger partial charge on any atom is 0.410 e. The molecule has 0 spiro atoms. The minimum Gasteiger partial charge on any atom is -0.478 e. The minimum atomic E-state index is -0.466. The van der Waals surface area contributed by atoms with Gasteiger partial charge in [-0.15, -0.1) is 0 Å². The fraction of sp³-hybridized carbons (Fsp3) is 0.529. The van der Waals surface area contributed by atoms with E-state index in [0.717, 1.165) is 5.56 Å². The first kappa shape index (κ1) is 17.1. The Labute approximate surface area is 137 Å². The average Bonchev–Trinajstić information content (AvgIpc) is 2.42. The van der Waals surface area contributed by atoms with Crippen molar-refractivity contribution in [1.29, 1.82) is 5.26 Å². The molecule has 0 unspecified atom stereocenters. The fourth-order valence-corrected chi connectivity index (χ4v) is 2.24. The van der Waals surface area contributed by atoms with Gasteiger partial charge < -0.3 is 19.7 Å². The lowest BCUT2D eigenvalue weighted by Gasteiger charge is -2.40. The lowest BCUT2D eigenvalue weighted by molar-refractivity contribution is 0.00516. The molecule has 0 aromatic heterocycles. The predicted molar refractivity (Wildman–Crippen MR) is 86.0 cm³/mol. The molecular weight excluding hydrogens is 294 g/mol. The Balaban J connectivity index is 1.77. The van der Waals surface area contributed by atoms with Gasteiger partial charge in [-0.25, -0.2) is 4.79 Å². The van der Waals surface area contributed by atoms with Crippen molar-refractivity contribution in [1.82, 2.24) is 10.2 Å². The number of rotatable bonds is 5. The Morgan fingerprint density at radius 2 is 2.09 bits per heavy atom. The Morgan fingerprint density at radius 1 is 1.39 bits per heavy atom. The summed E-state index contributed by atoms with van der Waals surface area (Å²) < 4.78 is 10.7. The lowest BCUT2D eigenvalue weighted by Crippen LogP contribution is -2.60. The van der Waals surface area contributed by atoms with E-state index in [1.165, 1.54) is 0 Å². The second kappa shape index (κ2) is 7.34. The molecule has 0 atom stereocenters. The highest BCUT2D eigenvalue weighted by Gasteiger charge is 2.33. The van der Waals surface area contributed by atoms with E-state index in [9.17, 15) is 4.79 Å². The zero-order chi connectivity index (χ0) is 16.9. The van der Waals surface area contributed by atoms with E-state index in [1.54, 1.807) is 4.90 Å². The van der Waals surface area contributed by atoms with Gasteiger partial charge in [0, 0.05) is 31.2 Å². The van der Waals surface area contributed by atoms with Crippen LogP contribution in [-0.2, 0) is 11.3 Å². The van der Waals surface area contributed by atoms with Crippen molar-refractivity contribution in [2.24, 2.45) is 0 Å². The van der Waals surface area contributed by atoms with Gasteiger partial charge in [-0.2, -0.15) is 5.26 Å². The molecule has 1 aliphatic heterocycles. The highest BCUT2D eigenvalue weighted by Crippen LogP contribution is 2.19. The molecule has 1 aromatic carbocycles. The molecule has 1 amide bonds. The van der Waals surface area contributed by atoms with Gasteiger partial charge in [0.05, 0.1) is 0 Å².